The third kappa shape index (κ3) is 4.41. The van der Waals surface area contributed by atoms with Crippen molar-refractivity contribution in [3.8, 4) is 0 Å². The highest BCUT2D eigenvalue weighted by Crippen LogP contribution is 2.28. The number of hydrogen-bond donors (Lipinski definition) is 2. The van der Waals surface area contributed by atoms with Crippen LogP contribution in [-0.2, 0) is 13.1 Å². The maximum atomic E-state index is 14.3. The molecule has 1 heterocycles. The van der Waals surface area contributed by atoms with Gasteiger partial charge in [-0.1, -0.05) is 68.5 Å². The van der Waals surface area contributed by atoms with E-state index in [9.17, 15) is 14.3 Å². The van der Waals surface area contributed by atoms with E-state index in [1.165, 1.54) is 38.2 Å². The second-order valence-electron chi connectivity index (χ2n) is 8.25. The van der Waals surface area contributed by atoms with Crippen LogP contribution in [0.5, 0.6) is 0 Å². The lowest BCUT2D eigenvalue weighted by Gasteiger charge is -2.21. The van der Waals surface area contributed by atoms with E-state index >= 15 is 0 Å². The van der Waals surface area contributed by atoms with Crippen LogP contribution in [0.3, 0.4) is 0 Å². The van der Waals surface area contributed by atoms with E-state index in [2.05, 4.69) is 5.32 Å². The fraction of sp³-hybridized carbons (Fsp3) is 0.400. The first-order chi connectivity index (χ1) is 14.6. The van der Waals surface area contributed by atoms with Gasteiger partial charge < -0.3 is 15.0 Å². The zero-order valence-corrected chi connectivity index (χ0v) is 17.2. The van der Waals surface area contributed by atoms with Crippen LogP contribution < -0.4 is 5.32 Å². The first kappa shape index (κ1) is 20.6. The molecule has 0 unspecified atom stereocenters. The first-order valence-corrected chi connectivity index (χ1v) is 11.0. The number of para-hydroxylation sites is 1. The molecule has 0 saturated heterocycles. The van der Waals surface area contributed by atoms with Gasteiger partial charge in [-0.2, -0.15) is 0 Å². The van der Waals surface area contributed by atoms with Gasteiger partial charge in [0.1, 0.15) is 11.5 Å². The second-order valence-corrected chi connectivity index (χ2v) is 8.25. The quantitative estimate of drug-likeness (QED) is 0.548. The highest BCUT2D eigenvalue weighted by molar-refractivity contribution is 5.98. The number of aromatic nitrogens is 1. The highest BCUT2D eigenvalue weighted by Gasteiger charge is 2.23. The molecule has 158 valence electrons. The van der Waals surface area contributed by atoms with E-state index in [1.54, 1.807) is 22.8 Å². The Bertz CT molecular complexity index is 1020. The van der Waals surface area contributed by atoms with Gasteiger partial charge in [0.2, 0.25) is 0 Å². The Kier molecular flexibility index (Phi) is 6.48. The van der Waals surface area contributed by atoms with E-state index in [4.69, 9.17) is 0 Å². The number of halogens is 1. The maximum Gasteiger partial charge on any atom is 0.352 e. The molecule has 30 heavy (non-hydrogen) atoms. The topological polar surface area (TPSA) is 54.3 Å². The van der Waals surface area contributed by atoms with Crippen molar-refractivity contribution in [3.05, 3.63) is 71.2 Å². The molecule has 4 nitrogen and oxygen atoms in total. The zero-order chi connectivity index (χ0) is 20.9. The Morgan fingerprint density at radius 2 is 1.67 bits per heavy atom. The third-order valence-corrected chi connectivity index (χ3v) is 6.24. The molecule has 1 aromatic heterocycles. The largest absolute Gasteiger partial charge is 0.477 e. The molecule has 1 aliphatic carbocycles. The molecule has 2 aromatic carbocycles. The monoisotopic (exact) mass is 408 g/mol. The summed E-state index contributed by atoms with van der Waals surface area (Å²) in [7, 11) is 0. The number of carboxylic acid groups (broad SMARTS) is 1. The molecule has 0 aliphatic heterocycles. The predicted molar refractivity (Wildman–Crippen MR) is 117 cm³/mol. The molecule has 0 atom stereocenters. The van der Waals surface area contributed by atoms with Crippen LogP contribution in [0.2, 0.25) is 0 Å². The van der Waals surface area contributed by atoms with Crippen molar-refractivity contribution in [2.75, 3.05) is 0 Å². The Hall–Kier alpha value is -2.66. The molecule has 5 heteroatoms. The van der Waals surface area contributed by atoms with Crippen LogP contribution in [0.15, 0.2) is 48.5 Å². The fourth-order valence-electron chi connectivity index (χ4n) is 4.67. The van der Waals surface area contributed by atoms with E-state index < -0.39 is 5.97 Å². The average molecular weight is 409 g/mol. The van der Waals surface area contributed by atoms with Crippen LogP contribution >= 0.6 is 0 Å². The summed E-state index contributed by atoms with van der Waals surface area (Å²) >= 11 is 0. The number of hydrogen-bond acceptors (Lipinski definition) is 2. The number of rotatable bonds is 6. The maximum absolute atomic E-state index is 14.3. The molecule has 1 fully saturated rings. The molecule has 0 bridgehead atoms. The molecule has 3 aromatic rings. The van der Waals surface area contributed by atoms with Crippen molar-refractivity contribution in [2.45, 2.75) is 64.1 Å². The van der Waals surface area contributed by atoms with Gasteiger partial charge >= 0.3 is 5.97 Å². The number of benzene rings is 2. The average Bonchev–Trinajstić information content (AvgIpc) is 3.03. The summed E-state index contributed by atoms with van der Waals surface area (Å²) in [5.41, 5.74) is 2.35. The van der Waals surface area contributed by atoms with Crippen molar-refractivity contribution in [1.82, 2.24) is 9.88 Å². The van der Waals surface area contributed by atoms with Crippen molar-refractivity contribution in [1.29, 1.82) is 0 Å². The van der Waals surface area contributed by atoms with Gasteiger partial charge in [0.05, 0.1) is 6.54 Å². The molecule has 0 radical (unpaired) electrons. The van der Waals surface area contributed by atoms with Gasteiger partial charge in [0, 0.05) is 34.6 Å². The third-order valence-electron chi connectivity index (χ3n) is 6.24. The Morgan fingerprint density at radius 3 is 2.40 bits per heavy atom. The molecule has 4 rings (SSSR count). The summed E-state index contributed by atoms with van der Waals surface area (Å²) in [6.45, 7) is 0.704. The Labute approximate surface area is 176 Å². The SMILES string of the molecule is O=C(O)c1c(CNC2CCCCCCC2)c2ccccc2n1Cc1ccccc1F. The summed E-state index contributed by atoms with van der Waals surface area (Å²) in [6, 6.07) is 14.7. The number of nitrogens with one attached hydrogen (secondary N) is 1. The molecule has 2 N–H and O–H groups in total. The number of aromatic carboxylic acids is 1. The Morgan fingerprint density at radius 1 is 1.00 bits per heavy atom. The van der Waals surface area contributed by atoms with Gasteiger partial charge in [-0.05, 0) is 25.0 Å². The van der Waals surface area contributed by atoms with Crippen LogP contribution in [0, 0.1) is 5.82 Å². The summed E-state index contributed by atoms with van der Waals surface area (Å²) in [4.78, 5) is 12.3. The van der Waals surface area contributed by atoms with Gasteiger partial charge in [-0.15, -0.1) is 0 Å². The zero-order valence-electron chi connectivity index (χ0n) is 17.2. The molecule has 1 saturated carbocycles. The fourth-order valence-corrected chi connectivity index (χ4v) is 4.67. The van der Waals surface area contributed by atoms with Crippen molar-refractivity contribution < 1.29 is 14.3 Å². The second kappa shape index (κ2) is 9.43. The van der Waals surface area contributed by atoms with E-state index in [0.717, 1.165) is 29.3 Å². The number of fused-ring (bicyclic) bond motifs is 1. The van der Waals surface area contributed by atoms with Crippen LogP contribution in [0.1, 0.15) is 66.6 Å². The summed E-state index contributed by atoms with van der Waals surface area (Å²) in [5.74, 6) is -1.29. The lowest BCUT2D eigenvalue weighted by atomic mass is 9.96. The van der Waals surface area contributed by atoms with E-state index in [1.807, 2.05) is 24.3 Å². The van der Waals surface area contributed by atoms with Gasteiger partial charge in [0.25, 0.3) is 0 Å². The van der Waals surface area contributed by atoms with Crippen molar-refractivity contribution >= 4 is 16.9 Å². The lowest BCUT2D eigenvalue weighted by molar-refractivity contribution is 0.0684. The number of carbonyl (C=O) groups is 1. The van der Waals surface area contributed by atoms with Gasteiger partial charge in [0.15, 0.2) is 0 Å². The lowest BCUT2D eigenvalue weighted by Crippen LogP contribution is -2.30. The normalized spacial score (nSPS) is 15.8. The highest BCUT2D eigenvalue weighted by atomic mass is 19.1. The van der Waals surface area contributed by atoms with E-state index in [0.29, 0.717) is 18.2 Å². The molecular weight excluding hydrogens is 379 g/mol. The molecule has 0 amide bonds. The minimum absolute atomic E-state index is 0.193. The minimum Gasteiger partial charge on any atom is -0.477 e. The van der Waals surface area contributed by atoms with Crippen LogP contribution in [0.4, 0.5) is 4.39 Å². The molecular formula is C25H29FN2O2. The van der Waals surface area contributed by atoms with Gasteiger partial charge in [-0.25, -0.2) is 9.18 Å². The first-order valence-electron chi connectivity index (χ1n) is 11.0. The van der Waals surface area contributed by atoms with E-state index in [-0.39, 0.29) is 18.1 Å². The van der Waals surface area contributed by atoms with Gasteiger partial charge in [-0.3, -0.25) is 0 Å². The van der Waals surface area contributed by atoms with Crippen molar-refractivity contribution in [2.24, 2.45) is 0 Å². The van der Waals surface area contributed by atoms with Crippen LogP contribution in [-0.4, -0.2) is 21.7 Å². The summed E-state index contributed by atoms with van der Waals surface area (Å²) < 4.78 is 16.0. The molecule has 1 aliphatic rings. The smallest absolute Gasteiger partial charge is 0.352 e. The number of nitrogens with zero attached hydrogens (tertiary/aromatic N) is 1. The summed E-state index contributed by atoms with van der Waals surface area (Å²) in [6.07, 6.45) is 8.59. The van der Waals surface area contributed by atoms with Crippen LogP contribution in [0.25, 0.3) is 10.9 Å². The van der Waals surface area contributed by atoms with Crippen molar-refractivity contribution in [3.63, 3.8) is 0 Å². The Balaban J connectivity index is 1.69. The standard InChI is InChI=1S/C25H29FN2O2/c26-22-14-8-6-10-18(22)17-28-23-15-9-7-13-20(23)21(24(28)25(29)30)16-27-19-11-4-2-1-3-5-12-19/h6-10,13-15,19,27H,1-5,11-12,16-17H2,(H,29,30). The number of carboxylic acids is 1. The summed E-state index contributed by atoms with van der Waals surface area (Å²) in [5, 5.41) is 14.6. The predicted octanol–water partition coefficient (Wildman–Crippen LogP) is 5.73. The molecule has 0 spiro atoms. The minimum atomic E-state index is -0.975.